The Kier molecular flexibility index (Phi) is 3.95. The van der Waals surface area contributed by atoms with Gasteiger partial charge in [-0.2, -0.15) is 0 Å². The number of anilines is 1. The number of carbonyl (C=O) groups is 1. The molecule has 120 valence electrons. The van der Waals surface area contributed by atoms with Crippen molar-refractivity contribution in [2.24, 2.45) is 7.05 Å². The number of rotatable bonds is 4. The van der Waals surface area contributed by atoms with E-state index in [-0.39, 0.29) is 17.2 Å². The number of nitrogens with one attached hydrogen (secondary N) is 1. The summed E-state index contributed by atoms with van der Waals surface area (Å²) >= 11 is 1.26. The standard InChI is InChI=1S/C15H15N3O3S2/c1-18-6-5-10(9-18)7-14(19)17-15-16-12-4-3-11(23(2,20)21)8-13(12)22-15/h3-6,8-9H,7H2,1-2H3,(H,16,17,19). The molecule has 2 aromatic heterocycles. The van der Waals surface area contributed by atoms with Gasteiger partial charge in [0, 0.05) is 25.7 Å². The van der Waals surface area contributed by atoms with Gasteiger partial charge in [0.1, 0.15) is 0 Å². The second-order valence-electron chi connectivity index (χ2n) is 5.33. The van der Waals surface area contributed by atoms with Crippen molar-refractivity contribution in [2.45, 2.75) is 11.3 Å². The maximum absolute atomic E-state index is 12.0. The van der Waals surface area contributed by atoms with Gasteiger partial charge in [-0.05, 0) is 29.8 Å². The lowest BCUT2D eigenvalue weighted by Crippen LogP contribution is -2.13. The molecule has 6 nitrogen and oxygen atoms in total. The molecule has 2 heterocycles. The molecule has 3 rings (SSSR count). The van der Waals surface area contributed by atoms with E-state index in [0.29, 0.717) is 10.6 Å². The van der Waals surface area contributed by atoms with Gasteiger partial charge < -0.3 is 9.88 Å². The van der Waals surface area contributed by atoms with E-state index in [0.717, 1.165) is 16.5 Å². The first kappa shape index (κ1) is 15.7. The van der Waals surface area contributed by atoms with E-state index in [9.17, 15) is 13.2 Å². The van der Waals surface area contributed by atoms with Crippen molar-refractivity contribution in [3.05, 3.63) is 42.2 Å². The molecule has 0 bridgehead atoms. The van der Waals surface area contributed by atoms with Crippen LogP contribution in [0.25, 0.3) is 10.2 Å². The van der Waals surface area contributed by atoms with Crippen LogP contribution in [0.15, 0.2) is 41.6 Å². The third kappa shape index (κ3) is 3.59. The summed E-state index contributed by atoms with van der Waals surface area (Å²) in [7, 11) is -1.36. The number of carbonyl (C=O) groups excluding carboxylic acids is 1. The Hall–Kier alpha value is -2.19. The Balaban J connectivity index is 1.79. The van der Waals surface area contributed by atoms with Gasteiger partial charge in [0.25, 0.3) is 0 Å². The van der Waals surface area contributed by atoms with Crippen molar-refractivity contribution in [1.29, 1.82) is 0 Å². The predicted molar refractivity (Wildman–Crippen MR) is 90.5 cm³/mol. The quantitative estimate of drug-likeness (QED) is 0.783. The fourth-order valence-electron chi connectivity index (χ4n) is 2.20. The van der Waals surface area contributed by atoms with Crippen LogP contribution in [0.5, 0.6) is 0 Å². The summed E-state index contributed by atoms with van der Waals surface area (Å²) in [6, 6.07) is 6.63. The summed E-state index contributed by atoms with van der Waals surface area (Å²) in [6.45, 7) is 0. The van der Waals surface area contributed by atoms with E-state index in [2.05, 4.69) is 10.3 Å². The Morgan fingerprint density at radius 3 is 2.78 bits per heavy atom. The molecule has 0 radical (unpaired) electrons. The molecule has 0 aliphatic heterocycles. The van der Waals surface area contributed by atoms with Crippen molar-refractivity contribution in [2.75, 3.05) is 11.6 Å². The van der Waals surface area contributed by atoms with Crippen LogP contribution in [0.2, 0.25) is 0 Å². The van der Waals surface area contributed by atoms with Crippen molar-refractivity contribution in [3.63, 3.8) is 0 Å². The van der Waals surface area contributed by atoms with E-state index in [1.165, 1.54) is 17.4 Å². The highest BCUT2D eigenvalue weighted by Gasteiger charge is 2.12. The number of fused-ring (bicyclic) bond motifs is 1. The van der Waals surface area contributed by atoms with Crippen LogP contribution in [0.3, 0.4) is 0 Å². The molecule has 1 aromatic carbocycles. The number of hydrogen-bond donors (Lipinski definition) is 1. The molecule has 1 amide bonds. The first-order chi connectivity index (χ1) is 10.8. The molecule has 0 atom stereocenters. The Labute approximate surface area is 137 Å². The minimum atomic E-state index is -3.26. The summed E-state index contributed by atoms with van der Waals surface area (Å²) in [5, 5.41) is 3.22. The van der Waals surface area contributed by atoms with Crippen LogP contribution < -0.4 is 5.32 Å². The van der Waals surface area contributed by atoms with Crippen molar-refractivity contribution < 1.29 is 13.2 Å². The Morgan fingerprint density at radius 1 is 1.35 bits per heavy atom. The number of amides is 1. The van der Waals surface area contributed by atoms with Crippen molar-refractivity contribution in [3.8, 4) is 0 Å². The Bertz CT molecular complexity index is 986. The van der Waals surface area contributed by atoms with E-state index in [1.807, 2.05) is 30.1 Å². The van der Waals surface area contributed by atoms with Gasteiger partial charge >= 0.3 is 0 Å². The lowest BCUT2D eigenvalue weighted by atomic mass is 10.2. The van der Waals surface area contributed by atoms with Crippen molar-refractivity contribution in [1.82, 2.24) is 9.55 Å². The van der Waals surface area contributed by atoms with Gasteiger partial charge in [-0.25, -0.2) is 13.4 Å². The molecule has 8 heteroatoms. The summed E-state index contributed by atoms with van der Waals surface area (Å²) in [6.07, 6.45) is 5.20. The fraction of sp³-hybridized carbons (Fsp3) is 0.200. The molecule has 0 fully saturated rings. The number of aromatic nitrogens is 2. The topological polar surface area (TPSA) is 81.1 Å². The molecule has 0 saturated heterocycles. The number of nitrogens with zero attached hydrogens (tertiary/aromatic N) is 2. The van der Waals surface area contributed by atoms with E-state index < -0.39 is 9.84 Å². The predicted octanol–water partition coefficient (Wildman–Crippen LogP) is 2.22. The normalized spacial score (nSPS) is 11.7. The Morgan fingerprint density at radius 2 is 2.13 bits per heavy atom. The summed E-state index contributed by atoms with van der Waals surface area (Å²) in [4.78, 5) is 16.6. The number of thiazole rings is 1. The number of aryl methyl sites for hydroxylation is 1. The maximum Gasteiger partial charge on any atom is 0.230 e. The van der Waals surface area contributed by atoms with Gasteiger partial charge in [-0.3, -0.25) is 4.79 Å². The average molecular weight is 349 g/mol. The van der Waals surface area contributed by atoms with Gasteiger partial charge in [-0.15, -0.1) is 0 Å². The highest BCUT2D eigenvalue weighted by Crippen LogP contribution is 2.28. The molecule has 3 aromatic rings. The minimum absolute atomic E-state index is 0.154. The molecular weight excluding hydrogens is 334 g/mol. The van der Waals surface area contributed by atoms with E-state index in [1.54, 1.807) is 12.1 Å². The third-order valence-corrected chi connectivity index (χ3v) is 5.34. The SMILES string of the molecule is Cn1ccc(CC(=O)Nc2nc3ccc(S(C)(=O)=O)cc3s2)c1. The lowest BCUT2D eigenvalue weighted by molar-refractivity contribution is -0.115. The van der Waals surface area contributed by atoms with Gasteiger partial charge in [0.2, 0.25) is 5.91 Å². The van der Waals surface area contributed by atoms with Crippen LogP contribution >= 0.6 is 11.3 Å². The van der Waals surface area contributed by atoms with Gasteiger partial charge in [0.15, 0.2) is 15.0 Å². The first-order valence-electron chi connectivity index (χ1n) is 6.82. The number of sulfone groups is 1. The molecule has 23 heavy (non-hydrogen) atoms. The minimum Gasteiger partial charge on any atom is -0.357 e. The monoisotopic (exact) mass is 349 g/mol. The summed E-state index contributed by atoms with van der Waals surface area (Å²) < 4.78 is 25.8. The zero-order valence-corrected chi connectivity index (χ0v) is 14.2. The third-order valence-electron chi connectivity index (χ3n) is 3.29. The highest BCUT2D eigenvalue weighted by atomic mass is 32.2. The maximum atomic E-state index is 12.0. The average Bonchev–Trinajstić information content (AvgIpc) is 3.02. The molecular formula is C15H15N3O3S2. The zero-order chi connectivity index (χ0) is 16.6. The fourth-order valence-corrected chi connectivity index (χ4v) is 3.85. The second-order valence-corrected chi connectivity index (χ2v) is 8.38. The zero-order valence-electron chi connectivity index (χ0n) is 12.6. The molecule has 0 aliphatic rings. The lowest BCUT2D eigenvalue weighted by Gasteiger charge is -1.99. The summed E-state index contributed by atoms with van der Waals surface area (Å²) in [5.41, 5.74) is 1.59. The van der Waals surface area contributed by atoms with E-state index >= 15 is 0 Å². The molecule has 1 N–H and O–H groups in total. The first-order valence-corrected chi connectivity index (χ1v) is 9.53. The van der Waals surface area contributed by atoms with E-state index in [4.69, 9.17) is 0 Å². The molecule has 0 spiro atoms. The molecule has 0 saturated carbocycles. The molecule has 0 aliphatic carbocycles. The van der Waals surface area contributed by atoms with Crippen molar-refractivity contribution >= 4 is 42.4 Å². The summed E-state index contributed by atoms with van der Waals surface area (Å²) in [5.74, 6) is -0.154. The number of benzene rings is 1. The van der Waals surface area contributed by atoms with Gasteiger partial charge in [0.05, 0.1) is 21.5 Å². The highest BCUT2D eigenvalue weighted by molar-refractivity contribution is 7.90. The molecule has 0 unspecified atom stereocenters. The number of hydrogen-bond acceptors (Lipinski definition) is 5. The van der Waals surface area contributed by atoms with Crippen LogP contribution in [-0.2, 0) is 28.1 Å². The van der Waals surface area contributed by atoms with Gasteiger partial charge in [-0.1, -0.05) is 11.3 Å². The smallest absolute Gasteiger partial charge is 0.230 e. The second kappa shape index (κ2) is 5.78. The van der Waals surface area contributed by atoms with Crippen LogP contribution in [0.1, 0.15) is 5.56 Å². The van der Waals surface area contributed by atoms with Crippen LogP contribution in [0, 0.1) is 0 Å². The largest absolute Gasteiger partial charge is 0.357 e. The van der Waals surface area contributed by atoms with Crippen LogP contribution in [-0.4, -0.2) is 30.1 Å². The van der Waals surface area contributed by atoms with Crippen LogP contribution in [0.4, 0.5) is 5.13 Å².